The zero-order chi connectivity index (χ0) is 15.2. The maximum Gasteiger partial charge on any atom is 0.163 e. The van der Waals surface area contributed by atoms with Gasteiger partial charge >= 0.3 is 0 Å². The third-order valence-corrected chi connectivity index (χ3v) is 3.27. The fourth-order valence-electron chi connectivity index (χ4n) is 2.28. The van der Waals surface area contributed by atoms with Crippen molar-refractivity contribution in [2.24, 2.45) is 7.05 Å². The molecule has 1 heterocycles. The molecule has 5 heteroatoms. The van der Waals surface area contributed by atoms with E-state index in [1.807, 2.05) is 36.9 Å². The van der Waals surface area contributed by atoms with Gasteiger partial charge in [0.05, 0.1) is 19.4 Å². The normalized spacial score (nSPS) is 10.5. The Morgan fingerprint density at radius 2 is 2.05 bits per heavy atom. The van der Waals surface area contributed by atoms with Crippen LogP contribution < -0.4 is 14.8 Å². The summed E-state index contributed by atoms with van der Waals surface area (Å²) in [6.45, 7) is 5.44. The van der Waals surface area contributed by atoms with Gasteiger partial charge in [-0.2, -0.15) is 5.10 Å². The van der Waals surface area contributed by atoms with Crippen molar-refractivity contribution in [3.8, 4) is 11.5 Å². The van der Waals surface area contributed by atoms with Gasteiger partial charge in [-0.05, 0) is 25.5 Å². The third-order valence-electron chi connectivity index (χ3n) is 3.27. The van der Waals surface area contributed by atoms with Crippen LogP contribution in [-0.4, -0.2) is 23.5 Å². The summed E-state index contributed by atoms with van der Waals surface area (Å²) in [6, 6.07) is 5.87. The molecule has 0 saturated heterocycles. The Hall–Kier alpha value is -2.17. The molecule has 0 radical (unpaired) electrons. The first-order valence-corrected chi connectivity index (χ1v) is 7.24. The zero-order valence-electron chi connectivity index (χ0n) is 13.1. The van der Waals surface area contributed by atoms with E-state index in [4.69, 9.17) is 9.47 Å². The van der Waals surface area contributed by atoms with Gasteiger partial charge in [0.25, 0.3) is 0 Å². The van der Waals surface area contributed by atoms with Crippen LogP contribution >= 0.6 is 0 Å². The lowest BCUT2D eigenvalue weighted by molar-refractivity contribution is 0.311. The van der Waals surface area contributed by atoms with Crippen molar-refractivity contribution < 1.29 is 9.47 Å². The number of anilines is 1. The van der Waals surface area contributed by atoms with Gasteiger partial charge in [0.1, 0.15) is 0 Å². The number of hydrogen-bond acceptors (Lipinski definition) is 4. The minimum atomic E-state index is 0.613. The second-order valence-electron chi connectivity index (χ2n) is 4.78. The zero-order valence-corrected chi connectivity index (χ0v) is 13.1. The summed E-state index contributed by atoms with van der Waals surface area (Å²) in [5.74, 6) is 1.50. The molecule has 0 fully saturated rings. The fraction of sp³-hybridized carbons (Fsp3) is 0.438. The number of nitrogens with zero attached hydrogens (tertiary/aromatic N) is 2. The summed E-state index contributed by atoms with van der Waals surface area (Å²) in [7, 11) is 3.59. The highest BCUT2D eigenvalue weighted by molar-refractivity contribution is 5.55. The standard InChI is InChI=1S/C16H23N3O2/c1-5-14-12(11-19(3)18-14)10-17-13-7-8-15(20-4)16(9-13)21-6-2/h7-9,11,17H,5-6,10H2,1-4H3. The molecule has 21 heavy (non-hydrogen) atoms. The van der Waals surface area contributed by atoms with E-state index >= 15 is 0 Å². The first kappa shape index (κ1) is 15.2. The molecule has 0 aliphatic rings. The van der Waals surface area contributed by atoms with Crippen LogP contribution in [0.5, 0.6) is 11.5 Å². The maximum absolute atomic E-state index is 5.59. The minimum Gasteiger partial charge on any atom is -0.493 e. The number of hydrogen-bond donors (Lipinski definition) is 1. The Morgan fingerprint density at radius 3 is 2.71 bits per heavy atom. The van der Waals surface area contributed by atoms with Crippen LogP contribution in [0, 0.1) is 0 Å². The summed E-state index contributed by atoms with van der Waals surface area (Å²) in [5.41, 5.74) is 3.35. The van der Waals surface area contributed by atoms with Crippen LogP contribution in [-0.2, 0) is 20.0 Å². The smallest absolute Gasteiger partial charge is 0.163 e. The molecule has 1 N–H and O–H groups in total. The van der Waals surface area contributed by atoms with Crippen molar-refractivity contribution in [2.75, 3.05) is 19.0 Å². The average Bonchev–Trinajstić information content (AvgIpc) is 2.86. The number of nitrogens with one attached hydrogen (secondary N) is 1. The molecule has 0 atom stereocenters. The van der Waals surface area contributed by atoms with Crippen molar-refractivity contribution >= 4 is 5.69 Å². The van der Waals surface area contributed by atoms with E-state index in [0.29, 0.717) is 6.61 Å². The van der Waals surface area contributed by atoms with E-state index in [1.165, 1.54) is 5.56 Å². The van der Waals surface area contributed by atoms with Gasteiger partial charge in [0.2, 0.25) is 0 Å². The molecular weight excluding hydrogens is 266 g/mol. The van der Waals surface area contributed by atoms with Crippen LogP contribution in [0.1, 0.15) is 25.1 Å². The highest BCUT2D eigenvalue weighted by atomic mass is 16.5. The van der Waals surface area contributed by atoms with Gasteiger partial charge < -0.3 is 14.8 Å². The number of benzene rings is 1. The highest BCUT2D eigenvalue weighted by Gasteiger charge is 2.08. The Labute approximate surface area is 125 Å². The summed E-state index contributed by atoms with van der Waals surface area (Å²) >= 11 is 0. The summed E-state index contributed by atoms with van der Waals surface area (Å²) in [4.78, 5) is 0. The average molecular weight is 289 g/mol. The summed E-state index contributed by atoms with van der Waals surface area (Å²) in [5, 5.41) is 7.86. The number of methoxy groups -OCH3 is 1. The molecule has 0 saturated carbocycles. The predicted octanol–water partition coefficient (Wildman–Crippen LogP) is 3.00. The molecule has 2 aromatic rings. The molecule has 0 aliphatic carbocycles. The lowest BCUT2D eigenvalue weighted by Crippen LogP contribution is -2.02. The fourth-order valence-corrected chi connectivity index (χ4v) is 2.28. The topological polar surface area (TPSA) is 48.3 Å². The van der Waals surface area contributed by atoms with E-state index in [0.717, 1.165) is 35.8 Å². The van der Waals surface area contributed by atoms with E-state index in [2.05, 4.69) is 23.5 Å². The molecule has 0 aliphatic heterocycles. The van der Waals surface area contributed by atoms with Gasteiger partial charge in [0, 0.05) is 37.1 Å². The van der Waals surface area contributed by atoms with Gasteiger partial charge in [-0.25, -0.2) is 0 Å². The molecule has 0 amide bonds. The largest absolute Gasteiger partial charge is 0.493 e. The van der Waals surface area contributed by atoms with Gasteiger partial charge in [-0.15, -0.1) is 0 Å². The van der Waals surface area contributed by atoms with E-state index in [-0.39, 0.29) is 0 Å². The molecule has 0 spiro atoms. The molecule has 1 aromatic heterocycles. The van der Waals surface area contributed by atoms with Gasteiger partial charge in [0.15, 0.2) is 11.5 Å². The van der Waals surface area contributed by atoms with Crippen molar-refractivity contribution in [3.05, 3.63) is 35.7 Å². The number of rotatable bonds is 7. The van der Waals surface area contributed by atoms with E-state index < -0.39 is 0 Å². The quantitative estimate of drug-likeness (QED) is 0.851. The first-order valence-electron chi connectivity index (χ1n) is 7.24. The van der Waals surface area contributed by atoms with E-state index in [1.54, 1.807) is 7.11 Å². The third kappa shape index (κ3) is 3.68. The van der Waals surface area contributed by atoms with Crippen LogP contribution in [0.3, 0.4) is 0 Å². The van der Waals surface area contributed by atoms with Crippen molar-refractivity contribution in [1.82, 2.24) is 9.78 Å². The van der Waals surface area contributed by atoms with Gasteiger partial charge in [-0.3, -0.25) is 4.68 Å². The van der Waals surface area contributed by atoms with Crippen molar-refractivity contribution in [2.45, 2.75) is 26.8 Å². The van der Waals surface area contributed by atoms with Crippen LogP contribution in [0.4, 0.5) is 5.69 Å². The Bertz CT molecular complexity index is 593. The molecule has 0 unspecified atom stereocenters. The Morgan fingerprint density at radius 1 is 1.24 bits per heavy atom. The molecular formula is C16H23N3O2. The van der Waals surface area contributed by atoms with Crippen molar-refractivity contribution in [3.63, 3.8) is 0 Å². The summed E-state index contributed by atoms with van der Waals surface area (Å²) < 4.78 is 12.7. The van der Waals surface area contributed by atoms with Crippen LogP contribution in [0.2, 0.25) is 0 Å². The SMILES string of the molecule is CCOc1cc(NCc2cn(C)nc2CC)ccc1OC. The molecule has 1 aromatic carbocycles. The molecule has 114 valence electrons. The molecule has 5 nitrogen and oxygen atoms in total. The molecule has 2 rings (SSSR count). The van der Waals surface area contributed by atoms with Crippen LogP contribution in [0.25, 0.3) is 0 Å². The lowest BCUT2D eigenvalue weighted by atomic mass is 10.2. The lowest BCUT2D eigenvalue weighted by Gasteiger charge is -2.12. The maximum atomic E-state index is 5.59. The first-order chi connectivity index (χ1) is 10.2. The van der Waals surface area contributed by atoms with E-state index in [9.17, 15) is 0 Å². The Balaban J connectivity index is 2.10. The van der Waals surface area contributed by atoms with Crippen LogP contribution in [0.15, 0.2) is 24.4 Å². The van der Waals surface area contributed by atoms with Gasteiger partial charge in [-0.1, -0.05) is 6.92 Å². The number of aryl methyl sites for hydroxylation is 2. The number of aromatic nitrogens is 2. The second kappa shape index (κ2) is 7.02. The molecule has 0 bridgehead atoms. The predicted molar refractivity (Wildman–Crippen MR) is 84.1 cm³/mol. The highest BCUT2D eigenvalue weighted by Crippen LogP contribution is 2.30. The number of ether oxygens (including phenoxy) is 2. The second-order valence-corrected chi connectivity index (χ2v) is 4.78. The minimum absolute atomic E-state index is 0.613. The summed E-state index contributed by atoms with van der Waals surface area (Å²) in [6.07, 6.45) is 2.99. The monoisotopic (exact) mass is 289 g/mol. The van der Waals surface area contributed by atoms with Crippen molar-refractivity contribution in [1.29, 1.82) is 0 Å². The Kier molecular flexibility index (Phi) is 5.09.